The molecule has 1 rings (SSSR count). The van der Waals surface area contributed by atoms with Gasteiger partial charge in [0.15, 0.2) is 0 Å². The molecule has 1 aromatic heterocycles. The lowest BCUT2D eigenvalue weighted by Crippen LogP contribution is -2.36. The Labute approximate surface area is 90.7 Å². The van der Waals surface area contributed by atoms with Gasteiger partial charge in [0.25, 0.3) is 0 Å². The van der Waals surface area contributed by atoms with E-state index in [4.69, 9.17) is 9.52 Å². The van der Waals surface area contributed by atoms with Crippen LogP contribution in [-0.4, -0.2) is 22.7 Å². The fourth-order valence-corrected chi connectivity index (χ4v) is 1.34. The Balaban J connectivity index is 2.49. The van der Waals surface area contributed by atoms with Gasteiger partial charge in [0, 0.05) is 6.04 Å². The van der Waals surface area contributed by atoms with Crippen molar-refractivity contribution in [2.24, 2.45) is 5.92 Å². The van der Waals surface area contributed by atoms with E-state index in [1.807, 2.05) is 13.8 Å². The Morgan fingerprint density at radius 1 is 1.40 bits per heavy atom. The molecule has 2 N–H and O–H groups in total. The topological polar surface area (TPSA) is 58.3 Å². The van der Waals surface area contributed by atoms with Crippen molar-refractivity contribution in [1.29, 1.82) is 0 Å². The summed E-state index contributed by atoms with van der Waals surface area (Å²) in [5, 5.41) is 12.3. The maximum atomic E-state index is 9.12. The standard InChI is InChI=1S/C11H20N2O2/c1-7(2)10(6-14)12-5-11-13-8(3)9(4)15-11/h7,10,12,14H,5-6H2,1-4H3/t10-/m1/s1. The van der Waals surface area contributed by atoms with Crippen molar-refractivity contribution in [3.63, 3.8) is 0 Å². The summed E-state index contributed by atoms with van der Waals surface area (Å²) in [6, 6.07) is 0.0949. The third-order valence-corrected chi connectivity index (χ3v) is 2.59. The molecule has 15 heavy (non-hydrogen) atoms. The van der Waals surface area contributed by atoms with Crippen LogP contribution in [0.2, 0.25) is 0 Å². The van der Waals surface area contributed by atoms with Gasteiger partial charge in [-0.1, -0.05) is 13.8 Å². The predicted molar refractivity (Wildman–Crippen MR) is 58.5 cm³/mol. The smallest absolute Gasteiger partial charge is 0.208 e. The van der Waals surface area contributed by atoms with Crippen LogP contribution in [0.15, 0.2) is 4.42 Å². The van der Waals surface area contributed by atoms with E-state index in [2.05, 4.69) is 24.1 Å². The highest BCUT2D eigenvalue weighted by molar-refractivity contribution is 5.05. The van der Waals surface area contributed by atoms with Gasteiger partial charge < -0.3 is 14.8 Å². The molecule has 0 amide bonds. The zero-order valence-electron chi connectivity index (χ0n) is 9.87. The van der Waals surface area contributed by atoms with Crippen molar-refractivity contribution in [3.8, 4) is 0 Å². The van der Waals surface area contributed by atoms with Gasteiger partial charge in [-0.05, 0) is 19.8 Å². The number of hydrogen-bond donors (Lipinski definition) is 2. The largest absolute Gasteiger partial charge is 0.444 e. The lowest BCUT2D eigenvalue weighted by atomic mass is 10.1. The SMILES string of the molecule is Cc1nc(CN[C@H](CO)C(C)C)oc1C. The number of nitrogens with one attached hydrogen (secondary N) is 1. The minimum absolute atomic E-state index is 0.0949. The molecule has 86 valence electrons. The molecule has 0 aliphatic heterocycles. The van der Waals surface area contributed by atoms with Crippen LogP contribution in [0.1, 0.15) is 31.2 Å². The van der Waals surface area contributed by atoms with Gasteiger partial charge in [-0.25, -0.2) is 4.98 Å². The van der Waals surface area contributed by atoms with Crippen molar-refractivity contribution in [2.45, 2.75) is 40.3 Å². The molecule has 0 aliphatic carbocycles. The molecular formula is C11H20N2O2. The van der Waals surface area contributed by atoms with Crippen LogP contribution in [0.3, 0.4) is 0 Å². The minimum atomic E-state index is 0.0949. The molecule has 4 heteroatoms. The summed E-state index contributed by atoms with van der Waals surface area (Å²) in [6.45, 7) is 8.67. The van der Waals surface area contributed by atoms with Crippen molar-refractivity contribution < 1.29 is 9.52 Å². The number of aryl methyl sites for hydroxylation is 2. The zero-order valence-corrected chi connectivity index (χ0v) is 9.87. The molecule has 0 saturated heterocycles. The lowest BCUT2D eigenvalue weighted by Gasteiger charge is -2.18. The van der Waals surface area contributed by atoms with Crippen LogP contribution in [0.25, 0.3) is 0 Å². The van der Waals surface area contributed by atoms with Crippen LogP contribution in [0, 0.1) is 19.8 Å². The Bertz CT molecular complexity index is 288. The average molecular weight is 212 g/mol. The molecule has 0 aromatic carbocycles. The van der Waals surface area contributed by atoms with Gasteiger partial charge in [0.2, 0.25) is 5.89 Å². The fraction of sp³-hybridized carbons (Fsp3) is 0.727. The number of hydrogen-bond acceptors (Lipinski definition) is 4. The molecule has 0 saturated carbocycles. The summed E-state index contributed by atoms with van der Waals surface area (Å²) in [4.78, 5) is 4.27. The highest BCUT2D eigenvalue weighted by Gasteiger charge is 2.13. The first kappa shape index (κ1) is 12.2. The van der Waals surface area contributed by atoms with Crippen molar-refractivity contribution >= 4 is 0 Å². The third-order valence-electron chi connectivity index (χ3n) is 2.59. The van der Waals surface area contributed by atoms with Crippen LogP contribution in [0.4, 0.5) is 0 Å². The first-order valence-corrected chi connectivity index (χ1v) is 5.31. The van der Waals surface area contributed by atoms with E-state index in [9.17, 15) is 0 Å². The summed E-state index contributed by atoms with van der Waals surface area (Å²) in [5.74, 6) is 1.94. The second-order valence-electron chi connectivity index (χ2n) is 4.16. The van der Waals surface area contributed by atoms with Gasteiger partial charge >= 0.3 is 0 Å². The molecule has 0 aliphatic rings. The van der Waals surface area contributed by atoms with Gasteiger partial charge in [-0.2, -0.15) is 0 Å². The molecule has 0 radical (unpaired) electrons. The van der Waals surface area contributed by atoms with Gasteiger partial charge in [0.1, 0.15) is 5.76 Å². The number of rotatable bonds is 5. The highest BCUT2D eigenvalue weighted by Crippen LogP contribution is 2.09. The van der Waals surface area contributed by atoms with E-state index in [0.29, 0.717) is 18.4 Å². The number of aliphatic hydroxyl groups excluding tert-OH is 1. The predicted octanol–water partition coefficient (Wildman–Crippen LogP) is 1.40. The number of aromatic nitrogens is 1. The van der Waals surface area contributed by atoms with Crippen molar-refractivity contribution in [1.82, 2.24) is 10.3 Å². The molecule has 0 unspecified atom stereocenters. The molecule has 0 bridgehead atoms. The van der Waals surface area contributed by atoms with E-state index in [1.165, 1.54) is 0 Å². The molecule has 4 nitrogen and oxygen atoms in total. The van der Waals surface area contributed by atoms with Crippen molar-refractivity contribution in [3.05, 3.63) is 17.3 Å². The van der Waals surface area contributed by atoms with E-state index in [0.717, 1.165) is 11.5 Å². The Morgan fingerprint density at radius 2 is 2.07 bits per heavy atom. The molecule has 1 heterocycles. The van der Waals surface area contributed by atoms with Crippen LogP contribution in [-0.2, 0) is 6.54 Å². The summed E-state index contributed by atoms with van der Waals surface area (Å²) in [6.07, 6.45) is 0. The number of oxazole rings is 1. The summed E-state index contributed by atoms with van der Waals surface area (Å²) in [7, 11) is 0. The Morgan fingerprint density at radius 3 is 2.47 bits per heavy atom. The van der Waals surface area contributed by atoms with Gasteiger partial charge in [-0.3, -0.25) is 0 Å². The summed E-state index contributed by atoms with van der Waals surface area (Å²) < 4.78 is 5.43. The number of nitrogens with zero attached hydrogens (tertiary/aromatic N) is 1. The summed E-state index contributed by atoms with van der Waals surface area (Å²) in [5.41, 5.74) is 0.928. The van der Waals surface area contributed by atoms with E-state index in [-0.39, 0.29) is 12.6 Å². The highest BCUT2D eigenvalue weighted by atomic mass is 16.4. The fourth-order valence-electron chi connectivity index (χ4n) is 1.34. The Kier molecular flexibility index (Phi) is 4.29. The van der Waals surface area contributed by atoms with Gasteiger partial charge in [0.05, 0.1) is 18.8 Å². The van der Waals surface area contributed by atoms with E-state index < -0.39 is 0 Å². The van der Waals surface area contributed by atoms with Gasteiger partial charge in [-0.15, -0.1) is 0 Å². The molecular weight excluding hydrogens is 192 g/mol. The molecule has 0 fully saturated rings. The Hall–Kier alpha value is -0.870. The minimum Gasteiger partial charge on any atom is -0.444 e. The molecule has 1 atom stereocenters. The third kappa shape index (κ3) is 3.32. The molecule has 0 spiro atoms. The maximum absolute atomic E-state index is 9.12. The number of aliphatic hydroxyl groups is 1. The van der Waals surface area contributed by atoms with Crippen LogP contribution < -0.4 is 5.32 Å². The maximum Gasteiger partial charge on any atom is 0.208 e. The normalized spacial score (nSPS) is 13.5. The van der Waals surface area contributed by atoms with Crippen LogP contribution >= 0.6 is 0 Å². The lowest BCUT2D eigenvalue weighted by molar-refractivity contribution is 0.206. The quantitative estimate of drug-likeness (QED) is 0.774. The van der Waals surface area contributed by atoms with Crippen LogP contribution in [0.5, 0.6) is 0 Å². The monoisotopic (exact) mass is 212 g/mol. The first-order chi connectivity index (χ1) is 7.04. The summed E-state index contributed by atoms with van der Waals surface area (Å²) >= 11 is 0. The van der Waals surface area contributed by atoms with E-state index in [1.54, 1.807) is 0 Å². The first-order valence-electron chi connectivity index (χ1n) is 5.31. The van der Waals surface area contributed by atoms with E-state index >= 15 is 0 Å². The zero-order chi connectivity index (χ0) is 11.4. The average Bonchev–Trinajstić information content (AvgIpc) is 2.47. The second-order valence-corrected chi connectivity index (χ2v) is 4.16. The second kappa shape index (κ2) is 5.28. The van der Waals surface area contributed by atoms with Crippen molar-refractivity contribution in [2.75, 3.05) is 6.61 Å². The molecule has 1 aromatic rings.